The van der Waals surface area contributed by atoms with Crippen LogP contribution in [0.5, 0.6) is 5.75 Å². The van der Waals surface area contributed by atoms with Crippen LogP contribution in [0.4, 0.5) is 0 Å². The molecule has 2 N–H and O–H groups in total. The van der Waals surface area contributed by atoms with Crippen LogP contribution in [-0.4, -0.2) is 50.1 Å². The van der Waals surface area contributed by atoms with Gasteiger partial charge in [0.25, 0.3) is 0 Å². The van der Waals surface area contributed by atoms with Gasteiger partial charge < -0.3 is 24.3 Å². The predicted octanol–water partition coefficient (Wildman–Crippen LogP) is 3.59. The summed E-state index contributed by atoms with van der Waals surface area (Å²) in [6, 6.07) is 6.11. The highest BCUT2D eigenvalue weighted by Crippen LogP contribution is 2.52. The number of ether oxygens (including phenoxy) is 3. The molecule has 30 heavy (non-hydrogen) atoms. The second-order valence-electron chi connectivity index (χ2n) is 8.40. The topological polar surface area (TPSA) is 80.8 Å². The molecule has 0 amide bonds. The molecule has 2 aliphatic rings. The van der Waals surface area contributed by atoms with Crippen molar-refractivity contribution >= 4 is 16.9 Å². The number of hydrogen-bond donors (Lipinski definition) is 2. The van der Waals surface area contributed by atoms with Crippen LogP contribution in [0.15, 0.2) is 29.8 Å². The largest absolute Gasteiger partial charge is 0.497 e. The number of allylic oxidation sites excluding steroid dienone is 2. The molecule has 1 saturated carbocycles. The monoisotopic (exact) mass is 413 g/mol. The molecule has 2 aromatic rings. The molecule has 0 spiro atoms. The van der Waals surface area contributed by atoms with E-state index in [1.165, 1.54) is 29.3 Å². The predicted molar refractivity (Wildman–Crippen MR) is 115 cm³/mol. The summed E-state index contributed by atoms with van der Waals surface area (Å²) in [5.41, 5.74) is 4.82. The molecule has 5 atom stereocenters. The number of hydrogen-bond acceptors (Lipinski definition) is 5. The number of methoxy groups -OCH3 is 3. The van der Waals surface area contributed by atoms with Gasteiger partial charge in [0.05, 0.1) is 32.8 Å². The maximum atomic E-state index is 12.4. The number of aliphatic hydroxyl groups excluding tert-OH is 1. The molecule has 6 heteroatoms. The van der Waals surface area contributed by atoms with Crippen LogP contribution in [0.2, 0.25) is 0 Å². The number of carbonyl (C=O) groups is 1. The number of aromatic amines is 1. The average molecular weight is 414 g/mol. The quantitative estimate of drug-likeness (QED) is 0.578. The number of nitrogens with one attached hydrogen (secondary N) is 1. The summed E-state index contributed by atoms with van der Waals surface area (Å²) in [5.74, 6) is 0.461. The minimum absolute atomic E-state index is 0.0434. The van der Waals surface area contributed by atoms with Gasteiger partial charge in [-0.15, -0.1) is 0 Å². The summed E-state index contributed by atoms with van der Waals surface area (Å²) in [4.78, 5) is 16.0. The number of carbonyl (C=O) groups excluding carboxylic acids is 1. The fourth-order valence-electron chi connectivity index (χ4n) is 5.68. The van der Waals surface area contributed by atoms with Crippen LogP contribution in [0.3, 0.4) is 0 Å². The van der Waals surface area contributed by atoms with Gasteiger partial charge in [-0.25, -0.2) is 0 Å². The van der Waals surface area contributed by atoms with E-state index in [1.54, 1.807) is 14.2 Å². The molecule has 1 aromatic heterocycles. The van der Waals surface area contributed by atoms with Crippen molar-refractivity contribution < 1.29 is 24.1 Å². The van der Waals surface area contributed by atoms with Crippen molar-refractivity contribution in [3.63, 3.8) is 0 Å². The second kappa shape index (κ2) is 8.44. The number of H-pyrrole nitrogens is 1. The van der Waals surface area contributed by atoms with E-state index in [4.69, 9.17) is 14.2 Å². The third-order valence-electron chi connectivity index (χ3n) is 7.23. The molecule has 1 aromatic carbocycles. The van der Waals surface area contributed by atoms with Crippen molar-refractivity contribution in [2.45, 2.75) is 38.2 Å². The molecule has 0 bridgehead atoms. The van der Waals surface area contributed by atoms with Crippen LogP contribution in [0.1, 0.15) is 36.9 Å². The number of rotatable bonds is 5. The maximum Gasteiger partial charge on any atom is 0.311 e. The van der Waals surface area contributed by atoms with E-state index in [0.717, 1.165) is 30.5 Å². The molecule has 5 unspecified atom stereocenters. The molecular formula is C24H31NO5. The van der Waals surface area contributed by atoms with Gasteiger partial charge in [0, 0.05) is 36.0 Å². The Labute approximate surface area is 177 Å². The molecule has 1 fully saturated rings. The third kappa shape index (κ3) is 3.32. The Kier molecular flexibility index (Phi) is 5.89. The molecule has 4 rings (SSSR count). The van der Waals surface area contributed by atoms with Crippen LogP contribution < -0.4 is 4.74 Å². The zero-order valence-electron chi connectivity index (χ0n) is 18.1. The SMILES string of the molecule is CC=C1CC2C(OC)Cc3c([nH]c4ccc(OC)cc34)C2CC1C(CO)C(=O)OC. The normalized spacial score (nSPS) is 28.1. The highest BCUT2D eigenvalue weighted by atomic mass is 16.5. The van der Waals surface area contributed by atoms with E-state index in [1.807, 2.05) is 13.0 Å². The zero-order chi connectivity index (χ0) is 21.4. The molecule has 0 aliphatic heterocycles. The van der Waals surface area contributed by atoms with E-state index < -0.39 is 5.92 Å². The molecule has 0 radical (unpaired) electrons. The number of esters is 1. The molecular weight excluding hydrogens is 382 g/mol. The molecule has 1 heterocycles. The first-order chi connectivity index (χ1) is 14.6. The van der Waals surface area contributed by atoms with E-state index in [9.17, 15) is 9.90 Å². The third-order valence-corrected chi connectivity index (χ3v) is 7.23. The van der Waals surface area contributed by atoms with Crippen molar-refractivity contribution in [2.75, 3.05) is 27.9 Å². The Morgan fingerprint density at radius 2 is 2.10 bits per heavy atom. The maximum absolute atomic E-state index is 12.4. The first-order valence-corrected chi connectivity index (χ1v) is 10.6. The highest BCUT2D eigenvalue weighted by molar-refractivity contribution is 5.86. The molecule has 162 valence electrons. The Balaban J connectivity index is 1.79. The van der Waals surface area contributed by atoms with Gasteiger partial charge in [-0.1, -0.05) is 11.6 Å². The lowest BCUT2D eigenvalue weighted by molar-refractivity contribution is -0.149. The van der Waals surface area contributed by atoms with Gasteiger partial charge in [0.1, 0.15) is 5.75 Å². The van der Waals surface area contributed by atoms with Crippen molar-refractivity contribution in [1.29, 1.82) is 0 Å². The summed E-state index contributed by atoms with van der Waals surface area (Å²) in [6.45, 7) is 1.80. The van der Waals surface area contributed by atoms with Crippen LogP contribution >= 0.6 is 0 Å². The number of benzene rings is 1. The fraction of sp³-hybridized carbons (Fsp3) is 0.542. The lowest BCUT2D eigenvalue weighted by Gasteiger charge is -2.45. The number of aliphatic hydroxyl groups is 1. The van der Waals surface area contributed by atoms with E-state index in [2.05, 4.69) is 23.2 Å². The Bertz CT molecular complexity index is 962. The van der Waals surface area contributed by atoms with Crippen LogP contribution in [0.25, 0.3) is 10.9 Å². The summed E-state index contributed by atoms with van der Waals surface area (Å²) >= 11 is 0. The van der Waals surface area contributed by atoms with Gasteiger partial charge in [0.15, 0.2) is 0 Å². The molecule has 0 saturated heterocycles. The zero-order valence-corrected chi connectivity index (χ0v) is 18.1. The van der Waals surface area contributed by atoms with Crippen LogP contribution in [-0.2, 0) is 20.7 Å². The lowest BCUT2D eigenvalue weighted by atomic mass is 9.61. The number of aromatic nitrogens is 1. The Hall–Kier alpha value is -2.31. The smallest absolute Gasteiger partial charge is 0.311 e. The van der Waals surface area contributed by atoms with E-state index >= 15 is 0 Å². The fourth-order valence-corrected chi connectivity index (χ4v) is 5.68. The van der Waals surface area contributed by atoms with Crippen molar-refractivity contribution in [2.24, 2.45) is 17.8 Å². The van der Waals surface area contributed by atoms with E-state index in [-0.39, 0.29) is 30.5 Å². The summed E-state index contributed by atoms with van der Waals surface area (Å²) in [6.07, 6.45) is 4.69. The first kappa shape index (κ1) is 20.9. The number of fused-ring (bicyclic) bond motifs is 5. The van der Waals surface area contributed by atoms with Gasteiger partial charge in [0.2, 0.25) is 0 Å². The second-order valence-corrected chi connectivity index (χ2v) is 8.40. The van der Waals surface area contributed by atoms with E-state index in [0.29, 0.717) is 5.92 Å². The van der Waals surface area contributed by atoms with Gasteiger partial charge in [-0.2, -0.15) is 0 Å². The van der Waals surface area contributed by atoms with Crippen LogP contribution in [0, 0.1) is 17.8 Å². The first-order valence-electron chi connectivity index (χ1n) is 10.6. The summed E-state index contributed by atoms with van der Waals surface area (Å²) in [5, 5.41) is 11.2. The van der Waals surface area contributed by atoms with Crippen molar-refractivity contribution in [1.82, 2.24) is 4.98 Å². The van der Waals surface area contributed by atoms with Crippen molar-refractivity contribution in [3.8, 4) is 5.75 Å². The molecule has 6 nitrogen and oxygen atoms in total. The Morgan fingerprint density at radius 1 is 1.30 bits per heavy atom. The minimum atomic E-state index is -0.544. The molecule has 2 aliphatic carbocycles. The van der Waals surface area contributed by atoms with Gasteiger partial charge in [-0.3, -0.25) is 4.79 Å². The highest BCUT2D eigenvalue weighted by Gasteiger charge is 2.46. The summed E-state index contributed by atoms with van der Waals surface area (Å²) in [7, 11) is 4.85. The average Bonchev–Trinajstić information content (AvgIpc) is 3.15. The summed E-state index contributed by atoms with van der Waals surface area (Å²) < 4.78 is 16.4. The Morgan fingerprint density at radius 3 is 2.73 bits per heavy atom. The van der Waals surface area contributed by atoms with Crippen molar-refractivity contribution in [3.05, 3.63) is 41.1 Å². The van der Waals surface area contributed by atoms with Gasteiger partial charge >= 0.3 is 5.97 Å². The standard InChI is InChI=1S/C24H31NO5/c1-5-13-8-17-18(10-15(13)20(12-26)24(27)30-4)23-19(11-22(17)29-3)16-9-14(28-2)6-7-21(16)25-23/h5-7,9,15,17-18,20,22,25-26H,8,10-12H2,1-4H3. The van der Waals surface area contributed by atoms with Gasteiger partial charge in [-0.05, 0) is 55.4 Å². The minimum Gasteiger partial charge on any atom is -0.497 e. The lowest BCUT2D eigenvalue weighted by Crippen LogP contribution is -2.43.